The number of aromatic nitrogens is 5. The first-order valence-corrected chi connectivity index (χ1v) is 13.6. The number of hydrogen-bond acceptors (Lipinski definition) is 7. The van der Waals surface area contributed by atoms with Gasteiger partial charge in [-0.15, -0.1) is 0 Å². The van der Waals surface area contributed by atoms with Gasteiger partial charge >= 0.3 is 0 Å². The Bertz CT molecular complexity index is 1360. The van der Waals surface area contributed by atoms with Gasteiger partial charge in [0.2, 0.25) is 0 Å². The Morgan fingerprint density at radius 1 is 1.08 bits per heavy atom. The molecule has 0 bridgehead atoms. The third-order valence-corrected chi connectivity index (χ3v) is 7.72. The molecule has 1 aromatic carbocycles. The van der Waals surface area contributed by atoms with E-state index in [-0.39, 0.29) is 18.0 Å². The monoisotopic (exact) mass is 518 g/mol. The Morgan fingerprint density at radius 3 is 2.74 bits per heavy atom. The van der Waals surface area contributed by atoms with E-state index in [0.29, 0.717) is 12.3 Å². The minimum atomic E-state index is -0.224. The zero-order valence-corrected chi connectivity index (χ0v) is 21.6. The Labute approximate surface area is 221 Å². The van der Waals surface area contributed by atoms with Crippen LogP contribution in [-0.4, -0.2) is 79.9 Å². The van der Waals surface area contributed by atoms with Crippen LogP contribution < -0.4 is 10.5 Å². The van der Waals surface area contributed by atoms with E-state index in [0.717, 1.165) is 80.0 Å². The maximum absolute atomic E-state index is 14.3. The number of halogens is 1. The molecule has 2 aliphatic rings. The number of likely N-dealkylation sites (tertiary alicyclic amines) is 2. The largest absolute Gasteiger partial charge is 0.490 e. The summed E-state index contributed by atoms with van der Waals surface area (Å²) in [6.07, 6.45) is 11.6. The number of hydrogen-bond donors (Lipinski definition) is 2. The number of nitrogens with two attached hydrogens (primary N) is 1. The van der Waals surface area contributed by atoms with Crippen LogP contribution in [0.15, 0.2) is 49.2 Å². The van der Waals surface area contributed by atoms with Crippen LogP contribution in [-0.2, 0) is 6.54 Å². The molecule has 38 heavy (non-hydrogen) atoms. The zero-order valence-electron chi connectivity index (χ0n) is 21.6. The number of aromatic amines is 1. The Kier molecular flexibility index (Phi) is 7.35. The van der Waals surface area contributed by atoms with Crippen molar-refractivity contribution in [3.05, 3.63) is 60.6 Å². The van der Waals surface area contributed by atoms with E-state index in [9.17, 15) is 4.39 Å². The fourth-order valence-corrected chi connectivity index (χ4v) is 5.71. The smallest absolute Gasteiger partial charge is 0.141 e. The predicted molar refractivity (Wildman–Crippen MR) is 144 cm³/mol. The van der Waals surface area contributed by atoms with Gasteiger partial charge in [-0.25, -0.2) is 14.4 Å². The van der Waals surface area contributed by atoms with E-state index >= 15 is 0 Å². The number of nitrogens with one attached hydrogen (secondary N) is 1. The van der Waals surface area contributed by atoms with Crippen LogP contribution >= 0.6 is 0 Å². The van der Waals surface area contributed by atoms with Crippen LogP contribution in [0.5, 0.6) is 5.75 Å². The van der Waals surface area contributed by atoms with Gasteiger partial charge < -0.3 is 20.4 Å². The Hall–Kier alpha value is -3.34. The Morgan fingerprint density at radius 2 is 1.92 bits per heavy atom. The van der Waals surface area contributed by atoms with E-state index in [2.05, 4.69) is 29.9 Å². The van der Waals surface area contributed by atoms with Gasteiger partial charge in [-0.1, -0.05) is 0 Å². The average molecular weight is 519 g/mol. The van der Waals surface area contributed by atoms with Gasteiger partial charge in [-0.3, -0.25) is 9.58 Å². The molecule has 0 aliphatic carbocycles. The number of rotatable bonds is 9. The number of ether oxygens (including phenoxy) is 1. The van der Waals surface area contributed by atoms with Gasteiger partial charge in [0.15, 0.2) is 0 Å². The van der Waals surface area contributed by atoms with Gasteiger partial charge in [0, 0.05) is 62.1 Å². The molecule has 1 unspecified atom stereocenters. The molecule has 2 aliphatic heterocycles. The lowest BCUT2D eigenvalue weighted by Crippen LogP contribution is -2.42. The summed E-state index contributed by atoms with van der Waals surface area (Å²) in [5.41, 5.74) is 9.78. The normalized spacial score (nSPS) is 18.4. The molecule has 2 saturated heterocycles. The van der Waals surface area contributed by atoms with Crippen LogP contribution in [0, 0.1) is 5.82 Å². The highest BCUT2D eigenvalue weighted by atomic mass is 19.1. The van der Waals surface area contributed by atoms with Gasteiger partial charge in [0.05, 0.1) is 17.9 Å². The standard InChI is InChI=1S/C28H35FN8O/c29-22-11-20(16-35-7-1-2-8-35)12-25(13-22)38-24-4-9-36(10-5-24)18-23(14-30)37-17-21(15-34-37)27-26-3-6-31-28(26)33-19-32-27/h3,6,11-13,15,17,19,23-24H,1-2,4-5,7-10,14,16,18,30H2,(H,31,32,33). The fourth-order valence-electron chi connectivity index (χ4n) is 5.71. The van der Waals surface area contributed by atoms with E-state index < -0.39 is 0 Å². The first kappa shape index (κ1) is 25.0. The van der Waals surface area contributed by atoms with Gasteiger partial charge in [0.1, 0.15) is 29.6 Å². The maximum atomic E-state index is 14.3. The third-order valence-electron chi connectivity index (χ3n) is 7.72. The SMILES string of the molecule is NCC(CN1CCC(Oc2cc(F)cc(CN3CCCC3)c2)CC1)n1cc(-c2ncnc3[nH]ccc23)cn1. The highest BCUT2D eigenvalue weighted by molar-refractivity contribution is 5.89. The zero-order chi connectivity index (χ0) is 25.9. The molecule has 0 saturated carbocycles. The third kappa shape index (κ3) is 5.57. The quantitative estimate of drug-likeness (QED) is 0.349. The van der Waals surface area contributed by atoms with E-state index in [1.807, 2.05) is 35.4 Å². The molecule has 0 spiro atoms. The molecule has 6 rings (SSSR count). The van der Waals surface area contributed by atoms with Crippen LogP contribution in [0.25, 0.3) is 22.3 Å². The summed E-state index contributed by atoms with van der Waals surface area (Å²) in [5, 5.41) is 5.59. The van der Waals surface area contributed by atoms with Crippen molar-refractivity contribution in [2.24, 2.45) is 5.73 Å². The first-order valence-electron chi connectivity index (χ1n) is 13.6. The Balaban J connectivity index is 1.04. The van der Waals surface area contributed by atoms with Crippen LogP contribution in [0.4, 0.5) is 4.39 Å². The minimum absolute atomic E-state index is 0.0566. The average Bonchev–Trinajstić information content (AvgIpc) is 3.70. The number of benzene rings is 1. The van der Waals surface area contributed by atoms with Gasteiger partial charge in [-0.2, -0.15) is 5.10 Å². The number of nitrogens with zero attached hydrogens (tertiary/aromatic N) is 6. The maximum Gasteiger partial charge on any atom is 0.141 e. The summed E-state index contributed by atoms with van der Waals surface area (Å²) in [6, 6.07) is 7.19. The lowest BCUT2D eigenvalue weighted by molar-refractivity contribution is 0.0912. The van der Waals surface area contributed by atoms with Crippen molar-refractivity contribution in [3.63, 3.8) is 0 Å². The van der Waals surface area contributed by atoms with Crippen molar-refractivity contribution >= 4 is 11.0 Å². The van der Waals surface area contributed by atoms with E-state index in [1.165, 1.54) is 18.9 Å². The summed E-state index contributed by atoms with van der Waals surface area (Å²) in [4.78, 5) is 16.7. The summed E-state index contributed by atoms with van der Waals surface area (Å²) in [6.45, 7) is 6.08. The minimum Gasteiger partial charge on any atom is -0.490 e. The molecule has 0 radical (unpaired) electrons. The van der Waals surface area contributed by atoms with Gasteiger partial charge in [0.25, 0.3) is 0 Å². The van der Waals surface area contributed by atoms with Crippen molar-refractivity contribution < 1.29 is 9.13 Å². The fraction of sp³-hybridized carbons (Fsp3) is 0.464. The molecule has 200 valence electrons. The van der Waals surface area contributed by atoms with Crippen molar-refractivity contribution in [2.75, 3.05) is 39.3 Å². The molecule has 0 amide bonds. The lowest BCUT2D eigenvalue weighted by Gasteiger charge is -2.34. The molecule has 10 heteroatoms. The van der Waals surface area contributed by atoms with E-state index in [4.69, 9.17) is 10.5 Å². The molecule has 5 heterocycles. The second-order valence-corrected chi connectivity index (χ2v) is 10.5. The van der Waals surface area contributed by atoms with Crippen molar-refractivity contribution in [1.82, 2.24) is 34.5 Å². The highest BCUT2D eigenvalue weighted by Crippen LogP contribution is 2.26. The van der Waals surface area contributed by atoms with E-state index in [1.54, 1.807) is 12.4 Å². The molecular weight excluding hydrogens is 483 g/mol. The van der Waals surface area contributed by atoms with Gasteiger partial charge in [-0.05, 0) is 62.5 Å². The van der Waals surface area contributed by atoms with Crippen molar-refractivity contribution in [1.29, 1.82) is 0 Å². The molecular formula is C28H35FN8O. The molecule has 1 atom stereocenters. The summed E-state index contributed by atoms with van der Waals surface area (Å²) < 4.78 is 22.5. The molecule has 3 aromatic heterocycles. The number of fused-ring (bicyclic) bond motifs is 1. The molecule has 3 N–H and O–H groups in total. The molecule has 2 fully saturated rings. The first-order chi connectivity index (χ1) is 18.6. The lowest BCUT2D eigenvalue weighted by atomic mass is 10.1. The second-order valence-electron chi connectivity index (χ2n) is 10.5. The highest BCUT2D eigenvalue weighted by Gasteiger charge is 2.24. The van der Waals surface area contributed by atoms with Crippen LogP contribution in [0.1, 0.15) is 37.3 Å². The molecule has 4 aromatic rings. The molecule has 9 nitrogen and oxygen atoms in total. The summed E-state index contributed by atoms with van der Waals surface area (Å²) in [5.74, 6) is 0.417. The number of H-pyrrole nitrogens is 1. The topological polar surface area (TPSA) is 101 Å². The predicted octanol–water partition coefficient (Wildman–Crippen LogP) is 3.60. The van der Waals surface area contributed by atoms with Crippen LogP contribution in [0.2, 0.25) is 0 Å². The number of piperidine rings is 1. The summed E-state index contributed by atoms with van der Waals surface area (Å²) >= 11 is 0. The second kappa shape index (κ2) is 11.2. The summed E-state index contributed by atoms with van der Waals surface area (Å²) in [7, 11) is 0. The van der Waals surface area contributed by atoms with Crippen LogP contribution in [0.3, 0.4) is 0 Å². The van der Waals surface area contributed by atoms with Crippen molar-refractivity contribution in [2.45, 2.75) is 44.4 Å². The van der Waals surface area contributed by atoms with Crippen molar-refractivity contribution in [3.8, 4) is 17.0 Å².